The molecule has 5 nitrogen and oxygen atoms in total. The summed E-state index contributed by atoms with van der Waals surface area (Å²) in [4.78, 5) is 0.331. The van der Waals surface area contributed by atoms with E-state index >= 15 is 0 Å². The summed E-state index contributed by atoms with van der Waals surface area (Å²) >= 11 is 0. The molecule has 0 atom stereocenters. The molecule has 2 saturated carbocycles. The molecule has 0 radical (unpaired) electrons. The lowest BCUT2D eigenvalue weighted by Crippen LogP contribution is -2.40. The highest BCUT2D eigenvalue weighted by Gasteiger charge is 2.43. The fourth-order valence-corrected chi connectivity index (χ4v) is 5.52. The van der Waals surface area contributed by atoms with Crippen molar-refractivity contribution in [3.63, 3.8) is 0 Å². The minimum Gasteiger partial charge on any atom is -0.267 e. The summed E-state index contributed by atoms with van der Waals surface area (Å²) in [5, 5.41) is 4.28. The largest absolute Gasteiger partial charge is 0.267 e. The molecule has 1 aromatic carbocycles. The maximum Gasteiger partial charge on any atom is 0.246 e. The number of hydrogen-bond acceptors (Lipinski definition) is 3. The summed E-state index contributed by atoms with van der Waals surface area (Å²) in [6, 6.07) is 10.3. The standard InChI is InChI=1S/C18H23N3O2S/c22-24(23,21(17-10-11-17)16-8-4-5-9-16)18-12-19-20(14-18)13-15-6-2-1-3-7-15/h1-3,6-7,12,14,16-17H,4-5,8-11,13H2. The third-order valence-electron chi connectivity index (χ3n) is 4.96. The molecule has 0 amide bonds. The molecule has 4 rings (SSSR count). The first-order chi connectivity index (χ1) is 11.6. The number of nitrogens with zero attached hydrogens (tertiary/aromatic N) is 3. The van der Waals surface area contributed by atoms with Gasteiger partial charge in [-0.1, -0.05) is 43.2 Å². The summed E-state index contributed by atoms with van der Waals surface area (Å²) in [5.74, 6) is 0. The zero-order valence-electron chi connectivity index (χ0n) is 13.7. The predicted octanol–water partition coefficient (Wildman–Crippen LogP) is 3.03. The van der Waals surface area contributed by atoms with E-state index in [1.165, 1.54) is 6.20 Å². The van der Waals surface area contributed by atoms with E-state index in [0.717, 1.165) is 44.1 Å². The lowest BCUT2D eigenvalue weighted by molar-refractivity contribution is 0.314. The van der Waals surface area contributed by atoms with E-state index in [1.807, 2.05) is 30.3 Å². The first-order valence-electron chi connectivity index (χ1n) is 8.74. The third-order valence-corrected chi connectivity index (χ3v) is 6.92. The van der Waals surface area contributed by atoms with Crippen molar-refractivity contribution in [3.05, 3.63) is 48.3 Å². The molecular formula is C18H23N3O2S. The molecule has 0 saturated heterocycles. The molecule has 6 heteroatoms. The zero-order valence-corrected chi connectivity index (χ0v) is 14.5. The Kier molecular flexibility index (Phi) is 4.18. The molecule has 2 aromatic rings. The van der Waals surface area contributed by atoms with E-state index in [9.17, 15) is 8.42 Å². The minimum absolute atomic E-state index is 0.181. The first kappa shape index (κ1) is 15.8. The molecule has 2 fully saturated rings. The fourth-order valence-electron chi connectivity index (χ4n) is 3.63. The van der Waals surface area contributed by atoms with Gasteiger partial charge in [-0.15, -0.1) is 0 Å². The van der Waals surface area contributed by atoms with Crippen LogP contribution >= 0.6 is 0 Å². The molecule has 24 heavy (non-hydrogen) atoms. The maximum atomic E-state index is 13.1. The lowest BCUT2D eigenvalue weighted by atomic mass is 10.2. The van der Waals surface area contributed by atoms with Crippen LogP contribution in [0, 0.1) is 0 Å². The highest BCUT2D eigenvalue weighted by molar-refractivity contribution is 7.89. The highest BCUT2D eigenvalue weighted by atomic mass is 32.2. The van der Waals surface area contributed by atoms with Crippen LogP contribution in [0.25, 0.3) is 0 Å². The Balaban J connectivity index is 1.57. The van der Waals surface area contributed by atoms with Crippen molar-refractivity contribution < 1.29 is 8.42 Å². The Labute approximate surface area is 143 Å². The molecule has 0 bridgehead atoms. The second kappa shape index (κ2) is 6.33. The van der Waals surface area contributed by atoms with Gasteiger partial charge in [-0.05, 0) is 31.2 Å². The lowest BCUT2D eigenvalue weighted by Gasteiger charge is -2.27. The molecular weight excluding hydrogens is 322 g/mol. The molecule has 0 aliphatic heterocycles. The van der Waals surface area contributed by atoms with Crippen LogP contribution in [0.15, 0.2) is 47.6 Å². The number of aromatic nitrogens is 2. The smallest absolute Gasteiger partial charge is 0.246 e. The monoisotopic (exact) mass is 345 g/mol. The van der Waals surface area contributed by atoms with Crippen LogP contribution in [0.5, 0.6) is 0 Å². The van der Waals surface area contributed by atoms with Gasteiger partial charge in [0.2, 0.25) is 10.0 Å². The molecule has 0 N–H and O–H groups in total. The van der Waals surface area contributed by atoms with Crippen LogP contribution in [0.3, 0.4) is 0 Å². The Morgan fingerprint density at radius 2 is 1.71 bits per heavy atom. The summed E-state index contributed by atoms with van der Waals surface area (Å²) in [6.45, 7) is 0.587. The molecule has 1 heterocycles. The molecule has 2 aliphatic rings. The number of benzene rings is 1. The van der Waals surface area contributed by atoms with Gasteiger partial charge in [0.15, 0.2) is 0 Å². The van der Waals surface area contributed by atoms with Crippen molar-refractivity contribution in [2.75, 3.05) is 0 Å². The fraction of sp³-hybridized carbons (Fsp3) is 0.500. The number of hydrogen-bond donors (Lipinski definition) is 0. The SMILES string of the molecule is O=S(=O)(c1cnn(Cc2ccccc2)c1)N(C1CCCC1)C1CC1. The van der Waals surface area contributed by atoms with Crippen molar-refractivity contribution in [2.45, 2.75) is 62.0 Å². The van der Waals surface area contributed by atoms with E-state index < -0.39 is 10.0 Å². The molecule has 128 valence electrons. The minimum atomic E-state index is -3.44. The Morgan fingerprint density at radius 1 is 1.04 bits per heavy atom. The summed E-state index contributed by atoms with van der Waals surface area (Å²) in [6.07, 6.45) is 9.42. The van der Waals surface area contributed by atoms with Gasteiger partial charge in [-0.2, -0.15) is 9.40 Å². The molecule has 2 aliphatic carbocycles. The van der Waals surface area contributed by atoms with Crippen LogP contribution in [0.2, 0.25) is 0 Å². The van der Waals surface area contributed by atoms with Crippen molar-refractivity contribution in [1.29, 1.82) is 0 Å². The number of sulfonamides is 1. The van der Waals surface area contributed by atoms with Crippen LogP contribution in [-0.4, -0.2) is 34.6 Å². The van der Waals surface area contributed by atoms with E-state index in [-0.39, 0.29) is 12.1 Å². The van der Waals surface area contributed by atoms with Crippen LogP contribution in [0.1, 0.15) is 44.1 Å². The first-order valence-corrected chi connectivity index (χ1v) is 10.2. The second-order valence-electron chi connectivity index (χ2n) is 6.86. The Morgan fingerprint density at radius 3 is 2.38 bits per heavy atom. The average Bonchev–Trinajstić information content (AvgIpc) is 3.05. The van der Waals surface area contributed by atoms with Gasteiger partial charge in [-0.25, -0.2) is 8.42 Å². The molecule has 0 unspecified atom stereocenters. The predicted molar refractivity (Wildman–Crippen MR) is 92.1 cm³/mol. The second-order valence-corrected chi connectivity index (χ2v) is 8.71. The van der Waals surface area contributed by atoms with Gasteiger partial charge in [0, 0.05) is 18.3 Å². The van der Waals surface area contributed by atoms with Gasteiger partial charge in [0.1, 0.15) is 4.90 Å². The van der Waals surface area contributed by atoms with E-state index in [2.05, 4.69) is 5.10 Å². The van der Waals surface area contributed by atoms with E-state index in [1.54, 1.807) is 15.2 Å². The molecule has 0 spiro atoms. The molecule has 1 aromatic heterocycles. The van der Waals surface area contributed by atoms with Crippen molar-refractivity contribution in [1.82, 2.24) is 14.1 Å². The topological polar surface area (TPSA) is 55.2 Å². The normalized spacial score (nSPS) is 19.2. The van der Waals surface area contributed by atoms with Crippen molar-refractivity contribution in [2.24, 2.45) is 0 Å². The van der Waals surface area contributed by atoms with Crippen LogP contribution in [-0.2, 0) is 16.6 Å². The third kappa shape index (κ3) is 3.13. The van der Waals surface area contributed by atoms with Crippen LogP contribution < -0.4 is 0 Å². The van der Waals surface area contributed by atoms with E-state index in [0.29, 0.717) is 11.4 Å². The van der Waals surface area contributed by atoms with Crippen LogP contribution in [0.4, 0.5) is 0 Å². The summed E-state index contributed by atoms with van der Waals surface area (Å²) in [5.41, 5.74) is 1.11. The Bertz CT molecular complexity index is 791. The zero-order chi connectivity index (χ0) is 16.6. The summed E-state index contributed by atoms with van der Waals surface area (Å²) < 4.78 is 29.8. The quantitative estimate of drug-likeness (QED) is 0.809. The Hall–Kier alpha value is -1.66. The van der Waals surface area contributed by atoms with E-state index in [4.69, 9.17) is 0 Å². The maximum absolute atomic E-state index is 13.1. The highest BCUT2D eigenvalue weighted by Crippen LogP contribution is 2.38. The van der Waals surface area contributed by atoms with Gasteiger partial charge in [-0.3, -0.25) is 4.68 Å². The van der Waals surface area contributed by atoms with Gasteiger partial charge >= 0.3 is 0 Å². The van der Waals surface area contributed by atoms with Gasteiger partial charge in [0.25, 0.3) is 0 Å². The van der Waals surface area contributed by atoms with Crippen molar-refractivity contribution >= 4 is 10.0 Å². The van der Waals surface area contributed by atoms with Gasteiger partial charge < -0.3 is 0 Å². The average molecular weight is 345 g/mol. The van der Waals surface area contributed by atoms with Crippen molar-refractivity contribution in [3.8, 4) is 0 Å². The van der Waals surface area contributed by atoms with Gasteiger partial charge in [0.05, 0.1) is 12.7 Å². The summed E-state index contributed by atoms with van der Waals surface area (Å²) in [7, 11) is -3.44. The number of rotatable bonds is 6.